The minimum atomic E-state index is 0.104. The molecule has 3 heteroatoms. The summed E-state index contributed by atoms with van der Waals surface area (Å²) < 4.78 is 0. The second-order valence-electron chi connectivity index (χ2n) is 3.35. The number of rotatable bonds is 2. The molecule has 1 atom stereocenters. The van der Waals surface area contributed by atoms with Crippen LogP contribution < -0.4 is 5.73 Å². The lowest BCUT2D eigenvalue weighted by atomic mass is 9.79. The minimum absolute atomic E-state index is 0.104. The van der Waals surface area contributed by atoms with Crippen molar-refractivity contribution in [3.63, 3.8) is 0 Å². The molecule has 0 aliphatic heterocycles. The van der Waals surface area contributed by atoms with Crippen molar-refractivity contribution in [1.82, 2.24) is 9.97 Å². The molecule has 1 aromatic rings. The molecule has 1 heterocycles. The van der Waals surface area contributed by atoms with Crippen molar-refractivity contribution in [1.29, 1.82) is 0 Å². The van der Waals surface area contributed by atoms with E-state index in [1.807, 2.05) is 0 Å². The molecule has 0 aromatic carbocycles. The molecule has 1 aliphatic carbocycles. The van der Waals surface area contributed by atoms with E-state index in [1.165, 1.54) is 19.3 Å². The molecule has 1 aliphatic rings. The van der Waals surface area contributed by atoms with E-state index < -0.39 is 0 Å². The summed E-state index contributed by atoms with van der Waals surface area (Å²) in [6.07, 6.45) is 8.96. The smallest absolute Gasteiger partial charge is 0.0756 e. The molecule has 2 N–H and O–H groups in total. The molecule has 1 aromatic heterocycles. The second-order valence-corrected chi connectivity index (χ2v) is 3.35. The van der Waals surface area contributed by atoms with Gasteiger partial charge in [0.1, 0.15) is 0 Å². The third kappa shape index (κ3) is 1.32. The van der Waals surface area contributed by atoms with E-state index in [2.05, 4.69) is 9.97 Å². The largest absolute Gasteiger partial charge is 0.322 e. The Morgan fingerprint density at radius 1 is 1.42 bits per heavy atom. The van der Waals surface area contributed by atoms with Crippen LogP contribution in [-0.4, -0.2) is 9.97 Å². The van der Waals surface area contributed by atoms with Crippen LogP contribution in [0.15, 0.2) is 18.6 Å². The van der Waals surface area contributed by atoms with Crippen molar-refractivity contribution in [2.75, 3.05) is 0 Å². The fourth-order valence-corrected chi connectivity index (χ4v) is 1.52. The summed E-state index contributed by atoms with van der Waals surface area (Å²) in [5.74, 6) is 0.640. The predicted molar refractivity (Wildman–Crippen MR) is 46.3 cm³/mol. The Kier molecular flexibility index (Phi) is 2.04. The monoisotopic (exact) mass is 163 g/mol. The maximum atomic E-state index is 6.00. The summed E-state index contributed by atoms with van der Waals surface area (Å²) in [5.41, 5.74) is 6.93. The number of nitrogens with two attached hydrogens (primary N) is 1. The average molecular weight is 163 g/mol. The van der Waals surface area contributed by atoms with Gasteiger partial charge in [-0.05, 0) is 18.8 Å². The molecule has 1 saturated carbocycles. The summed E-state index contributed by atoms with van der Waals surface area (Å²) in [6, 6.07) is 0.104. The number of hydrogen-bond acceptors (Lipinski definition) is 3. The number of aromatic nitrogens is 2. The molecule has 0 radical (unpaired) electrons. The van der Waals surface area contributed by atoms with Gasteiger partial charge in [0.05, 0.1) is 11.7 Å². The highest BCUT2D eigenvalue weighted by atomic mass is 14.8. The molecule has 1 fully saturated rings. The van der Waals surface area contributed by atoms with Crippen LogP contribution in [0.25, 0.3) is 0 Å². The zero-order valence-electron chi connectivity index (χ0n) is 6.98. The van der Waals surface area contributed by atoms with E-state index in [1.54, 1.807) is 18.6 Å². The Morgan fingerprint density at radius 2 is 2.25 bits per heavy atom. The molecule has 0 saturated heterocycles. The van der Waals surface area contributed by atoms with E-state index in [9.17, 15) is 0 Å². The maximum Gasteiger partial charge on any atom is 0.0756 e. The van der Waals surface area contributed by atoms with Gasteiger partial charge in [-0.3, -0.25) is 9.97 Å². The first-order valence-corrected chi connectivity index (χ1v) is 4.39. The Balaban J connectivity index is 2.08. The maximum absolute atomic E-state index is 6.00. The Bertz CT molecular complexity index is 243. The molecule has 0 amide bonds. The van der Waals surface area contributed by atoms with Crippen LogP contribution in [0.2, 0.25) is 0 Å². The van der Waals surface area contributed by atoms with Gasteiger partial charge in [-0.1, -0.05) is 6.42 Å². The van der Waals surface area contributed by atoms with Crippen molar-refractivity contribution >= 4 is 0 Å². The lowest BCUT2D eigenvalue weighted by Crippen LogP contribution is -2.27. The summed E-state index contributed by atoms with van der Waals surface area (Å²) in [5, 5.41) is 0. The van der Waals surface area contributed by atoms with Gasteiger partial charge in [0.2, 0.25) is 0 Å². The highest BCUT2D eigenvalue weighted by Gasteiger charge is 2.26. The molecule has 3 nitrogen and oxygen atoms in total. The summed E-state index contributed by atoms with van der Waals surface area (Å²) in [7, 11) is 0. The number of nitrogens with zero attached hydrogens (tertiary/aromatic N) is 2. The summed E-state index contributed by atoms with van der Waals surface area (Å²) in [6.45, 7) is 0. The predicted octanol–water partition coefficient (Wildman–Crippen LogP) is 1.28. The van der Waals surface area contributed by atoms with Crippen molar-refractivity contribution in [2.45, 2.75) is 25.3 Å². The highest BCUT2D eigenvalue weighted by Crippen LogP contribution is 2.34. The summed E-state index contributed by atoms with van der Waals surface area (Å²) >= 11 is 0. The molecular formula is C9H13N3. The summed E-state index contributed by atoms with van der Waals surface area (Å²) in [4.78, 5) is 8.20. The normalized spacial score (nSPS) is 20.1. The van der Waals surface area contributed by atoms with Crippen LogP contribution in [0.1, 0.15) is 31.0 Å². The zero-order valence-corrected chi connectivity index (χ0v) is 6.98. The van der Waals surface area contributed by atoms with Crippen LogP contribution in [0.3, 0.4) is 0 Å². The van der Waals surface area contributed by atoms with E-state index >= 15 is 0 Å². The van der Waals surface area contributed by atoms with E-state index in [-0.39, 0.29) is 6.04 Å². The Morgan fingerprint density at radius 3 is 2.75 bits per heavy atom. The molecule has 0 bridgehead atoms. The van der Waals surface area contributed by atoms with Crippen molar-refractivity contribution < 1.29 is 0 Å². The quantitative estimate of drug-likeness (QED) is 0.714. The topological polar surface area (TPSA) is 51.8 Å². The number of hydrogen-bond donors (Lipinski definition) is 1. The fraction of sp³-hybridized carbons (Fsp3) is 0.556. The van der Waals surface area contributed by atoms with Gasteiger partial charge in [0, 0.05) is 18.6 Å². The van der Waals surface area contributed by atoms with E-state index in [0.29, 0.717) is 5.92 Å². The lowest BCUT2D eigenvalue weighted by Gasteiger charge is -2.30. The van der Waals surface area contributed by atoms with Gasteiger partial charge < -0.3 is 5.73 Å². The van der Waals surface area contributed by atoms with Crippen molar-refractivity contribution in [3.05, 3.63) is 24.3 Å². The SMILES string of the molecule is N[C@@H](c1cnccn1)C1CCC1. The third-order valence-electron chi connectivity index (χ3n) is 2.58. The molecule has 0 unspecified atom stereocenters. The highest BCUT2D eigenvalue weighted by molar-refractivity contribution is 5.04. The van der Waals surface area contributed by atoms with Gasteiger partial charge in [0.25, 0.3) is 0 Å². The first-order chi connectivity index (χ1) is 5.88. The zero-order chi connectivity index (χ0) is 8.39. The van der Waals surface area contributed by atoms with Crippen LogP contribution >= 0.6 is 0 Å². The fourth-order valence-electron chi connectivity index (χ4n) is 1.52. The van der Waals surface area contributed by atoms with Gasteiger partial charge in [-0.2, -0.15) is 0 Å². The van der Waals surface area contributed by atoms with Crippen LogP contribution in [0, 0.1) is 5.92 Å². The van der Waals surface area contributed by atoms with E-state index in [4.69, 9.17) is 5.73 Å². The first kappa shape index (κ1) is 7.68. The van der Waals surface area contributed by atoms with Crippen LogP contribution in [-0.2, 0) is 0 Å². The van der Waals surface area contributed by atoms with Crippen molar-refractivity contribution in [2.24, 2.45) is 11.7 Å². The Labute approximate surface area is 72.0 Å². The molecule has 12 heavy (non-hydrogen) atoms. The standard InChI is InChI=1S/C9H13N3/c10-9(7-2-1-3-7)8-6-11-4-5-12-8/h4-7,9H,1-3,10H2/t9-/m1/s1. The van der Waals surface area contributed by atoms with Gasteiger partial charge in [-0.25, -0.2) is 0 Å². The van der Waals surface area contributed by atoms with Crippen molar-refractivity contribution in [3.8, 4) is 0 Å². The first-order valence-electron chi connectivity index (χ1n) is 4.39. The van der Waals surface area contributed by atoms with E-state index in [0.717, 1.165) is 5.69 Å². The minimum Gasteiger partial charge on any atom is -0.322 e. The van der Waals surface area contributed by atoms with Gasteiger partial charge in [0.15, 0.2) is 0 Å². The molecule has 64 valence electrons. The van der Waals surface area contributed by atoms with Gasteiger partial charge in [-0.15, -0.1) is 0 Å². The van der Waals surface area contributed by atoms with Gasteiger partial charge >= 0.3 is 0 Å². The molecular weight excluding hydrogens is 150 g/mol. The Hall–Kier alpha value is -0.960. The second kappa shape index (κ2) is 3.19. The average Bonchev–Trinajstić information content (AvgIpc) is 2.03. The molecule has 0 spiro atoms. The molecule has 2 rings (SSSR count). The lowest BCUT2D eigenvalue weighted by molar-refractivity contribution is 0.261. The third-order valence-corrected chi connectivity index (χ3v) is 2.58. The van der Waals surface area contributed by atoms with Crippen LogP contribution in [0.5, 0.6) is 0 Å². The van der Waals surface area contributed by atoms with Crippen LogP contribution in [0.4, 0.5) is 0 Å².